The Bertz CT molecular complexity index is 466. The Labute approximate surface area is 113 Å². The minimum Gasteiger partial charge on any atom is -0.479 e. The second kappa shape index (κ2) is 7.39. The molecule has 1 unspecified atom stereocenters. The van der Waals surface area contributed by atoms with E-state index in [-0.39, 0.29) is 12.5 Å². The zero-order valence-corrected chi connectivity index (χ0v) is 11.2. The van der Waals surface area contributed by atoms with Crippen LogP contribution in [0.4, 0.5) is 5.69 Å². The van der Waals surface area contributed by atoms with Crippen molar-refractivity contribution in [1.29, 1.82) is 5.26 Å². The number of nitriles is 1. The lowest BCUT2D eigenvalue weighted by molar-refractivity contribution is -0.117. The van der Waals surface area contributed by atoms with Gasteiger partial charge in [-0.1, -0.05) is 19.9 Å². The summed E-state index contributed by atoms with van der Waals surface area (Å²) in [6, 6.07) is 8.25. The van der Waals surface area contributed by atoms with Gasteiger partial charge >= 0.3 is 0 Å². The van der Waals surface area contributed by atoms with E-state index in [1.807, 2.05) is 19.9 Å². The van der Waals surface area contributed by atoms with E-state index in [0.29, 0.717) is 23.8 Å². The fraction of sp³-hybridized carbons (Fsp3) is 0.429. The SMILES string of the molecule is CC(C)CC(N)C(=O)Nc1cccc(OCC#N)c1. The van der Waals surface area contributed by atoms with Gasteiger partial charge in [-0.3, -0.25) is 4.79 Å². The quantitative estimate of drug-likeness (QED) is 0.818. The fourth-order valence-corrected chi connectivity index (χ4v) is 1.63. The minimum atomic E-state index is -0.524. The largest absolute Gasteiger partial charge is 0.479 e. The Morgan fingerprint density at radius 1 is 1.53 bits per heavy atom. The van der Waals surface area contributed by atoms with Crippen molar-refractivity contribution in [3.8, 4) is 11.8 Å². The molecule has 0 fully saturated rings. The highest BCUT2D eigenvalue weighted by Gasteiger charge is 2.15. The molecule has 19 heavy (non-hydrogen) atoms. The fourth-order valence-electron chi connectivity index (χ4n) is 1.63. The van der Waals surface area contributed by atoms with E-state index in [0.717, 1.165) is 0 Å². The van der Waals surface area contributed by atoms with E-state index in [1.54, 1.807) is 24.3 Å². The van der Waals surface area contributed by atoms with Gasteiger partial charge in [0.15, 0.2) is 6.61 Å². The number of anilines is 1. The van der Waals surface area contributed by atoms with Crippen LogP contribution in [-0.4, -0.2) is 18.6 Å². The van der Waals surface area contributed by atoms with Gasteiger partial charge in [0, 0.05) is 11.8 Å². The van der Waals surface area contributed by atoms with Crippen molar-refractivity contribution in [2.75, 3.05) is 11.9 Å². The number of amides is 1. The van der Waals surface area contributed by atoms with Crippen molar-refractivity contribution < 1.29 is 9.53 Å². The highest BCUT2D eigenvalue weighted by Crippen LogP contribution is 2.17. The van der Waals surface area contributed by atoms with Gasteiger partial charge in [-0.25, -0.2) is 0 Å². The number of ether oxygens (including phenoxy) is 1. The Hall–Kier alpha value is -2.06. The van der Waals surface area contributed by atoms with Crippen molar-refractivity contribution in [2.45, 2.75) is 26.3 Å². The molecule has 0 saturated heterocycles. The minimum absolute atomic E-state index is 0.0235. The molecule has 0 aliphatic heterocycles. The van der Waals surface area contributed by atoms with Crippen LogP contribution in [0.25, 0.3) is 0 Å². The Balaban J connectivity index is 2.61. The maximum Gasteiger partial charge on any atom is 0.241 e. The van der Waals surface area contributed by atoms with Gasteiger partial charge in [0.05, 0.1) is 6.04 Å². The van der Waals surface area contributed by atoms with Crippen molar-refractivity contribution in [2.24, 2.45) is 11.7 Å². The van der Waals surface area contributed by atoms with Crippen LogP contribution in [0.2, 0.25) is 0 Å². The lowest BCUT2D eigenvalue weighted by Crippen LogP contribution is -2.36. The molecular formula is C14H19N3O2. The van der Waals surface area contributed by atoms with Crippen molar-refractivity contribution in [1.82, 2.24) is 0 Å². The average Bonchev–Trinajstić information content (AvgIpc) is 2.36. The van der Waals surface area contributed by atoms with Gasteiger partial charge in [-0.05, 0) is 24.5 Å². The van der Waals surface area contributed by atoms with Gasteiger partial charge in [0.25, 0.3) is 0 Å². The van der Waals surface area contributed by atoms with Gasteiger partial charge in [0.1, 0.15) is 11.8 Å². The molecule has 0 saturated carbocycles. The zero-order valence-electron chi connectivity index (χ0n) is 11.2. The molecule has 0 spiro atoms. The number of rotatable bonds is 6. The molecule has 1 aromatic rings. The number of nitrogens with zero attached hydrogens (tertiary/aromatic N) is 1. The smallest absolute Gasteiger partial charge is 0.241 e. The summed E-state index contributed by atoms with van der Waals surface area (Å²) in [6.45, 7) is 4.01. The molecule has 0 aromatic heterocycles. The van der Waals surface area contributed by atoms with Crippen LogP contribution < -0.4 is 15.8 Å². The molecule has 1 rings (SSSR count). The Kier molecular flexibility index (Phi) is 5.83. The lowest BCUT2D eigenvalue weighted by atomic mass is 10.0. The Morgan fingerprint density at radius 2 is 2.26 bits per heavy atom. The summed E-state index contributed by atoms with van der Waals surface area (Å²) in [5, 5.41) is 11.2. The maximum absolute atomic E-state index is 11.8. The standard InChI is InChI=1S/C14H19N3O2/c1-10(2)8-13(16)14(18)17-11-4-3-5-12(9-11)19-7-6-15/h3-5,9-10,13H,7-8,16H2,1-2H3,(H,17,18). The van der Waals surface area contributed by atoms with Gasteiger partial charge in [-0.15, -0.1) is 0 Å². The van der Waals surface area contributed by atoms with Gasteiger partial charge in [0.2, 0.25) is 5.91 Å². The van der Waals surface area contributed by atoms with Crippen LogP contribution in [-0.2, 0) is 4.79 Å². The van der Waals surface area contributed by atoms with Crippen molar-refractivity contribution in [3.63, 3.8) is 0 Å². The van der Waals surface area contributed by atoms with E-state index in [2.05, 4.69) is 5.32 Å². The third-order valence-corrected chi connectivity index (χ3v) is 2.47. The van der Waals surface area contributed by atoms with E-state index < -0.39 is 6.04 Å². The summed E-state index contributed by atoms with van der Waals surface area (Å²) in [6.07, 6.45) is 0.635. The molecule has 0 aliphatic rings. The van der Waals surface area contributed by atoms with E-state index in [1.165, 1.54) is 0 Å². The maximum atomic E-state index is 11.8. The van der Waals surface area contributed by atoms with E-state index in [4.69, 9.17) is 15.7 Å². The third-order valence-electron chi connectivity index (χ3n) is 2.47. The van der Waals surface area contributed by atoms with Crippen molar-refractivity contribution >= 4 is 11.6 Å². The summed E-state index contributed by atoms with van der Waals surface area (Å²) < 4.78 is 5.16. The Morgan fingerprint density at radius 3 is 2.89 bits per heavy atom. The van der Waals surface area contributed by atoms with E-state index in [9.17, 15) is 4.79 Å². The van der Waals surface area contributed by atoms with Crippen LogP contribution in [0, 0.1) is 17.2 Å². The zero-order chi connectivity index (χ0) is 14.3. The number of hydrogen-bond acceptors (Lipinski definition) is 4. The number of nitrogens with one attached hydrogen (secondary N) is 1. The summed E-state index contributed by atoms with van der Waals surface area (Å²) >= 11 is 0. The lowest BCUT2D eigenvalue weighted by Gasteiger charge is -2.14. The van der Waals surface area contributed by atoms with Crippen LogP contribution in [0.3, 0.4) is 0 Å². The number of nitrogens with two attached hydrogens (primary N) is 1. The predicted octanol–water partition coefficient (Wildman–Crippen LogP) is 1.90. The first-order valence-electron chi connectivity index (χ1n) is 6.19. The van der Waals surface area contributed by atoms with Crippen molar-refractivity contribution in [3.05, 3.63) is 24.3 Å². The third kappa shape index (κ3) is 5.40. The number of carbonyl (C=O) groups is 1. The van der Waals surface area contributed by atoms with Crippen LogP contribution in [0.5, 0.6) is 5.75 Å². The first-order chi connectivity index (χ1) is 9.02. The molecular weight excluding hydrogens is 242 g/mol. The van der Waals surface area contributed by atoms with Crippen LogP contribution >= 0.6 is 0 Å². The molecule has 0 radical (unpaired) electrons. The first kappa shape index (κ1) is 15.0. The monoisotopic (exact) mass is 261 g/mol. The first-order valence-corrected chi connectivity index (χ1v) is 6.19. The molecule has 5 nitrogen and oxygen atoms in total. The predicted molar refractivity (Wildman–Crippen MR) is 73.6 cm³/mol. The highest BCUT2D eigenvalue weighted by molar-refractivity contribution is 5.94. The van der Waals surface area contributed by atoms with Gasteiger partial charge < -0.3 is 15.8 Å². The number of hydrogen-bond donors (Lipinski definition) is 2. The molecule has 1 amide bonds. The highest BCUT2D eigenvalue weighted by atomic mass is 16.5. The molecule has 102 valence electrons. The van der Waals surface area contributed by atoms with Crippen LogP contribution in [0.15, 0.2) is 24.3 Å². The number of carbonyl (C=O) groups excluding carboxylic acids is 1. The summed E-state index contributed by atoms with van der Waals surface area (Å²) in [4.78, 5) is 11.8. The van der Waals surface area contributed by atoms with E-state index >= 15 is 0 Å². The normalized spacial score (nSPS) is 11.7. The molecule has 1 atom stereocenters. The van der Waals surface area contributed by atoms with Crippen LogP contribution in [0.1, 0.15) is 20.3 Å². The summed E-state index contributed by atoms with van der Waals surface area (Å²) in [7, 11) is 0. The summed E-state index contributed by atoms with van der Waals surface area (Å²) in [5.41, 5.74) is 6.41. The second-order valence-corrected chi connectivity index (χ2v) is 4.70. The molecule has 3 N–H and O–H groups in total. The average molecular weight is 261 g/mol. The topological polar surface area (TPSA) is 88.1 Å². The number of benzene rings is 1. The molecule has 0 aliphatic carbocycles. The molecule has 1 aromatic carbocycles. The summed E-state index contributed by atoms with van der Waals surface area (Å²) in [5.74, 6) is 0.689. The molecule has 0 heterocycles. The molecule has 0 bridgehead atoms. The molecule has 5 heteroatoms. The van der Waals surface area contributed by atoms with Gasteiger partial charge in [-0.2, -0.15) is 5.26 Å². The second-order valence-electron chi connectivity index (χ2n) is 4.70.